The Morgan fingerprint density at radius 2 is 1.93 bits per heavy atom. The van der Waals surface area contributed by atoms with Gasteiger partial charge in [0.15, 0.2) is 5.76 Å². The van der Waals surface area contributed by atoms with Crippen LogP contribution in [-0.2, 0) is 6.54 Å². The van der Waals surface area contributed by atoms with Gasteiger partial charge in [-0.05, 0) is 43.0 Å². The number of piperidine rings is 1. The Hall–Kier alpha value is -2.99. The molecule has 1 N–H and O–H groups in total. The molecule has 0 aliphatic carbocycles. The Morgan fingerprint density at radius 3 is 2.63 bits per heavy atom. The summed E-state index contributed by atoms with van der Waals surface area (Å²) in [5.74, 6) is 2.29. The largest absolute Gasteiger partial charge is 0.872 e. The molecule has 0 aromatic heterocycles. The second-order valence-corrected chi connectivity index (χ2v) is 8.08. The molecule has 0 saturated carbocycles. The third kappa shape index (κ3) is 3.87. The SMILES string of the molecule is COc1ccc(/C=C2\Oc3c(ccc([O-])c3C[NH+]3CCC(C)CC3)C2=O)c(OC)c1. The number of nitrogens with one attached hydrogen (secondary N) is 1. The summed E-state index contributed by atoms with van der Waals surface area (Å²) in [5, 5.41) is 12.6. The zero-order chi connectivity index (χ0) is 21.3. The predicted molar refractivity (Wildman–Crippen MR) is 111 cm³/mol. The van der Waals surface area contributed by atoms with Crippen LogP contribution >= 0.6 is 0 Å². The van der Waals surface area contributed by atoms with Crippen LogP contribution in [0.2, 0.25) is 0 Å². The molecule has 0 unspecified atom stereocenters. The molecule has 158 valence electrons. The maximum absolute atomic E-state index is 13.0. The fourth-order valence-corrected chi connectivity index (χ4v) is 4.13. The molecular formula is C24H27NO5. The van der Waals surface area contributed by atoms with Gasteiger partial charge >= 0.3 is 0 Å². The maximum atomic E-state index is 13.0. The van der Waals surface area contributed by atoms with E-state index in [4.69, 9.17) is 14.2 Å². The number of carbonyl (C=O) groups excluding carboxylic acids is 1. The molecule has 2 aliphatic rings. The van der Waals surface area contributed by atoms with Crippen molar-refractivity contribution in [3.8, 4) is 23.0 Å². The fraction of sp³-hybridized carbons (Fsp3) is 0.375. The molecule has 30 heavy (non-hydrogen) atoms. The Balaban J connectivity index is 1.64. The number of Topliss-reactive ketones (excluding diaryl/α,β-unsaturated/α-hetero) is 1. The number of benzene rings is 2. The number of hydrogen-bond donors (Lipinski definition) is 1. The van der Waals surface area contributed by atoms with Crippen molar-refractivity contribution in [2.45, 2.75) is 26.3 Å². The third-order valence-corrected chi connectivity index (χ3v) is 6.03. The molecule has 4 rings (SSSR count). The first-order valence-electron chi connectivity index (χ1n) is 10.3. The van der Waals surface area contributed by atoms with Crippen molar-refractivity contribution in [2.24, 2.45) is 5.92 Å². The van der Waals surface area contributed by atoms with Gasteiger partial charge in [0.25, 0.3) is 0 Å². The number of likely N-dealkylation sites (tertiary alicyclic amines) is 1. The zero-order valence-corrected chi connectivity index (χ0v) is 17.6. The minimum absolute atomic E-state index is 0.0732. The number of rotatable bonds is 5. The van der Waals surface area contributed by atoms with Crippen LogP contribution in [0.25, 0.3) is 6.08 Å². The summed E-state index contributed by atoms with van der Waals surface area (Å²) >= 11 is 0. The lowest BCUT2D eigenvalue weighted by molar-refractivity contribution is -0.919. The van der Waals surface area contributed by atoms with E-state index < -0.39 is 0 Å². The van der Waals surface area contributed by atoms with E-state index in [1.165, 1.54) is 11.0 Å². The molecule has 1 fully saturated rings. The summed E-state index contributed by atoms with van der Waals surface area (Å²) in [5.41, 5.74) is 1.75. The predicted octanol–water partition coefficient (Wildman–Crippen LogP) is 2.21. The lowest BCUT2D eigenvalue weighted by Crippen LogP contribution is -3.11. The van der Waals surface area contributed by atoms with Crippen molar-refractivity contribution in [3.05, 3.63) is 52.8 Å². The summed E-state index contributed by atoms with van der Waals surface area (Å²) < 4.78 is 16.6. The molecule has 2 heterocycles. The second-order valence-electron chi connectivity index (χ2n) is 8.08. The average Bonchev–Trinajstić information content (AvgIpc) is 3.07. The number of ether oxygens (including phenoxy) is 3. The van der Waals surface area contributed by atoms with E-state index in [-0.39, 0.29) is 17.3 Å². The number of allylic oxidation sites excluding steroid dienone is 1. The lowest BCUT2D eigenvalue weighted by atomic mass is 9.98. The molecule has 0 spiro atoms. The van der Waals surface area contributed by atoms with Crippen molar-refractivity contribution in [1.82, 2.24) is 0 Å². The summed E-state index contributed by atoms with van der Waals surface area (Å²) in [6.07, 6.45) is 3.96. The van der Waals surface area contributed by atoms with Crippen LogP contribution in [0.1, 0.15) is 41.3 Å². The van der Waals surface area contributed by atoms with Crippen LogP contribution in [0.3, 0.4) is 0 Å². The molecule has 0 bridgehead atoms. The van der Waals surface area contributed by atoms with Gasteiger partial charge in [0.1, 0.15) is 23.8 Å². The Bertz CT molecular complexity index is 989. The van der Waals surface area contributed by atoms with E-state index >= 15 is 0 Å². The van der Waals surface area contributed by atoms with Crippen LogP contribution in [0.4, 0.5) is 0 Å². The van der Waals surface area contributed by atoms with Gasteiger partial charge in [0.2, 0.25) is 5.78 Å². The highest BCUT2D eigenvalue weighted by Crippen LogP contribution is 2.39. The van der Waals surface area contributed by atoms with Gasteiger partial charge < -0.3 is 24.2 Å². The van der Waals surface area contributed by atoms with Crippen LogP contribution in [0, 0.1) is 5.92 Å². The molecule has 6 heteroatoms. The van der Waals surface area contributed by atoms with Gasteiger partial charge in [-0.25, -0.2) is 0 Å². The van der Waals surface area contributed by atoms with Gasteiger partial charge in [-0.2, -0.15) is 0 Å². The summed E-state index contributed by atoms with van der Waals surface area (Å²) in [7, 11) is 3.15. The van der Waals surface area contributed by atoms with Gasteiger partial charge in [-0.15, -0.1) is 0 Å². The molecule has 1 saturated heterocycles. The Labute approximate surface area is 176 Å². The highest BCUT2D eigenvalue weighted by Gasteiger charge is 2.32. The van der Waals surface area contributed by atoms with Crippen LogP contribution in [-0.4, -0.2) is 33.1 Å². The smallest absolute Gasteiger partial charge is 0.231 e. The number of quaternary nitrogens is 1. The molecule has 0 amide bonds. The van der Waals surface area contributed by atoms with Gasteiger partial charge in [-0.1, -0.05) is 18.7 Å². The monoisotopic (exact) mass is 409 g/mol. The molecule has 2 aliphatic heterocycles. The second kappa shape index (κ2) is 8.40. The first-order valence-corrected chi connectivity index (χ1v) is 10.3. The van der Waals surface area contributed by atoms with Gasteiger partial charge in [-0.3, -0.25) is 4.79 Å². The van der Waals surface area contributed by atoms with E-state index in [0.717, 1.165) is 31.8 Å². The van der Waals surface area contributed by atoms with Crippen LogP contribution in [0.5, 0.6) is 23.0 Å². The summed E-state index contributed by atoms with van der Waals surface area (Å²) in [6.45, 7) is 4.91. The molecular weight excluding hydrogens is 382 g/mol. The van der Waals surface area contributed by atoms with Crippen molar-refractivity contribution in [1.29, 1.82) is 0 Å². The zero-order valence-electron chi connectivity index (χ0n) is 17.6. The van der Waals surface area contributed by atoms with Crippen molar-refractivity contribution < 1.29 is 29.0 Å². The minimum Gasteiger partial charge on any atom is -0.872 e. The quantitative estimate of drug-likeness (QED) is 0.767. The Kier molecular flexibility index (Phi) is 5.68. The number of hydrogen-bond acceptors (Lipinski definition) is 5. The van der Waals surface area contributed by atoms with E-state index in [0.29, 0.717) is 40.5 Å². The van der Waals surface area contributed by atoms with E-state index in [1.54, 1.807) is 38.5 Å². The third-order valence-electron chi connectivity index (χ3n) is 6.03. The van der Waals surface area contributed by atoms with E-state index in [2.05, 4.69) is 6.92 Å². The minimum atomic E-state index is -0.216. The maximum Gasteiger partial charge on any atom is 0.231 e. The van der Waals surface area contributed by atoms with Gasteiger partial charge in [0, 0.05) is 17.2 Å². The van der Waals surface area contributed by atoms with Gasteiger partial charge in [0.05, 0.1) is 32.9 Å². The normalized spacial score (nSPS) is 22.0. The topological polar surface area (TPSA) is 72.3 Å². The fourth-order valence-electron chi connectivity index (χ4n) is 4.13. The first kappa shape index (κ1) is 20.3. The Morgan fingerprint density at radius 1 is 1.17 bits per heavy atom. The van der Waals surface area contributed by atoms with Crippen LogP contribution in [0.15, 0.2) is 36.1 Å². The average molecular weight is 409 g/mol. The number of methoxy groups -OCH3 is 2. The molecule has 0 atom stereocenters. The van der Waals surface area contributed by atoms with Crippen molar-refractivity contribution in [2.75, 3.05) is 27.3 Å². The molecule has 0 radical (unpaired) electrons. The number of ketones is 1. The van der Waals surface area contributed by atoms with Crippen molar-refractivity contribution >= 4 is 11.9 Å². The van der Waals surface area contributed by atoms with E-state index in [9.17, 15) is 9.90 Å². The summed E-state index contributed by atoms with van der Waals surface area (Å²) in [6, 6.07) is 8.41. The first-order chi connectivity index (χ1) is 14.5. The van der Waals surface area contributed by atoms with Crippen LogP contribution < -0.4 is 24.2 Å². The molecule has 2 aromatic carbocycles. The summed E-state index contributed by atoms with van der Waals surface area (Å²) in [4.78, 5) is 14.3. The number of carbonyl (C=O) groups is 1. The number of fused-ring (bicyclic) bond motifs is 1. The van der Waals surface area contributed by atoms with E-state index in [1.807, 2.05) is 6.07 Å². The molecule has 6 nitrogen and oxygen atoms in total. The van der Waals surface area contributed by atoms with Crippen molar-refractivity contribution in [3.63, 3.8) is 0 Å². The lowest BCUT2D eigenvalue weighted by Gasteiger charge is -2.29. The molecule has 2 aromatic rings. The standard InChI is InChI=1S/C24H27NO5/c1-15-8-10-25(11-9-15)14-19-20(26)7-6-18-23(27)22(30-24(18)19)12-16-4-5-17(28-2)13-21(16)29-3/h4-7,12-13,15,26H,8-11,14H2,1-3H3/b22-12-. The highest BCUT2D eigenvalue weighted by molar-refractivity contribution is 6.15. The highest BCUT2D eigenvalue weighted by atomic mass is 16.5.